The summed E-state index contributed by atoms with van der Waals surface area (Å²) in [4.78, 5) is 11.5. The first-order chi connectivity index (χ1) is 12.2. The van der Waals surface area contributed by atoms with Crippen LogP contribution in [-0.4, -0.2) is 67.3 Å². The number of ether oxygens (including phenoxy) is 1. The average Bonchev–Trinajstić information content (AvgIpc) is 2.59. The van der Waals surface area contributed by atoms with Crippen LogP contribution in [0, 0.1) is 0 Å². The highest BCUT2D eigenvalue weighted by Gasteiger charge is 2.21. The highest BCUT2D eigenvalue weighted by atomic mass is 16.5. The van der Waals surface area contributed by atoms with Crippen molar-refractivity contribution in [2.24, 2.45) is 4.99 Å². The molecule has 1 aliphatic rings. The van der Waals surface area contributed by atoms with Gasteiger partial charge >= 0.3 is 0 Å². The van der Waals surface area contributed by atoms with Crippen LogP contribution >= 0.6 is 0 Å². The summed E-state index contributed by atoms with van der Waals surface area (Å²) in [5, 5.41) is 6.69. The fourth-order valence-corrected chi connectivity index (χ4v) is 3.15. The first kappa shape index (κ1) is 19.7. The molecule has 2 unspecified atom stereocenters. The first-order valence-corrected chi connectivity index (χ1v) is 9.47. The van der Waals surface area contributed by atoms with E-state index in [0.717, 1.165) is 63.8 Å². The summed E-state index contributed by atoms with van der Waals surface area (Å²) in [7, 11) is 0. The van der Waals surface area contributed by atoms with Gasteiger partial charge in [-0.15, -0.1) is 0 Å². The maximum Gasteiger partial charge on any atom is 0.191 e. The Labute approximate surface area is 152 Å². The summed E-state index contributed by atoms with van der Waals surface area (Å²) < 4.78 is 5.78. The Bertz CT molecular complexity index is 498. The molecular weight excluding hydrogens is 314 g/mol. The van der Waals surface area contributed by atoms with Crippen molar-refractivity contribution in [1.29, 1.82) is 0 Å². The first-order valence-electron chi connectivity index (χ1n) is 9.47. The van der Waals surface area contributed by atoms with Crippen molar-refractivity contribution in [2.45, 2.75) is 45.8 Å². The molecule has 1 fully saturated rings. The van der Waals surface area contributed by atoms with E-state index in [4.69, 9.17) is 4.74 Å². The molecule has 1 saturated heterocycles. The van der Waals surface area contributed by atoms with Crippen molar-refractivity contribution in [1.82, 2.24) is 20.5 Å². The van der Waals surface area contributed by atoms with Crippen LogP contribution in [0.4, 0.5) is 0 Å². The lowest BCUT2D eigenvalue weighted by Gasteiger charge is -2.35. The van der Waals surface area contributed by atoms with Crippen molar-refractivity contribution in [3.8, 4) is 0 Å². The Morgan fingerprint density at radius 1 is 1.28 bits per heavy atom. The second kappa shape index (κ2) is 11.1. The summed E-state index contributed by atoms with van der Waals surface area (Å²) in [5.41, 5.74) is 1.10. The molecule has 6 nitrogen and oxygen atoms in total. The number of aromatic nitrogens is 1. The summed E-state index contributed by atoms with van der Waals surface area (Å²) in [6.07, 6.45) is 4.46. The fraction of sp³-hybridized carbons (Fsp3) is 0.684. The smallest absolute Gasteiger partial charge is 0.191 e. The highest BCUT2D eigenvalue weighted by molar-refractivity contribution is 5.79. The Kier molecular flexibility index (Phi) is 8.69. The summed E-state index contributed by atoms with van der Waals surface area (Å²) in [5.74, 6) is 0.891. The third-order valence-electron chi connectivity index (χ3n) is 4.14. The quantitative estimate of drug-likeness (QED) is 0.426. The van der Waals surface area contributed by atoms with Crippen LogP contribution in [0.25, 0.3) is 0 Å². The van der Waals surface area contributed by atoms with Crippen molar-refractivity contribution < 1.29 is 4.74 Å². The van der Waals surface area contributed by atoms with Gasteiger partial charge in [0.1, 0.15) is 0 Å². The Morgan fingerprint density at radius 2 is 2.08 bits per heavy atom. The molecule has 1 aliphatic heterocycles. The second-order valence-electron chi connectivity index (χ2n) is 6.63. The van der Waals surface area contributed by atoms with Crippen LogP contribution in [0.3, 0.4) is 0 Å². The normalized spacial score (nSPS) is 22.0. The van der Waals surface area contributed by atoms with E-state index in [1.807, 2.05) is 18.3 Å². The molecule has 140 valence electrons. The van der Waals surface area contributed by atoms with Crippen LogP contribution in [0.2, 0.25) is 0 Å². The van der Waals surface area contributed by atoms with Crippen molar-refractivity contribution in [3.05, 3.63) is 30.1 Å². The van der Waals surface area contributed by atoms with Gasteiger partial charge in [-0.1, -0.05) is 6.07 Å². The van der Waals surface area contributed by atoms with E-state index >= 15 is 0 Å². The van der Waals surface area contributed by atoms with Gasteiger partial charge in [0.05, 0.1) is 12.2 Å². The third kappa shape index (κ3) is 7.84. The maximum absolute atomic E-state index is 5.78. The highest BCUT2D eigenvalue weighted by Crippen LogP contribution is 2.10. The van der Waals surface area contributed by atoms with Crippen LogP contribution in [-0.2, 0) is 11.2 Å². The summed E-state index contributed by atoms with van der Waals surface area (Å²) in [6.45, 7) is 12.0. The molecule has 2 heterocycles. The van der Waals surface area contributed by atoms with Gasteiger partial charge in [-0.2, -0.15) is 0 Å². The number of pyridine rings is 1. The molecule has 0 amide bonds. The largest absolute Gasteiger partial charge is 0.373 e. The maximum atomic E-state index is 5.78. The lowest BCUT2D eigenvalue weighted by Crippen LogP contribution is -2.45. The molecule has 0 saturated carbocycles. The SMILES string of the molecule is CCNC(=NCCCN1CC(C)OC(C)C1)NCCc1ccccn1. The van der Waals surface area contributed by atoms with Gasteiger partial charge in [-0.3, -0.25) is 14.9 Å². The van der Waals surface area contributed by atoms with Crippen LogP contribution in [0.5, 0.6) is 0 Å². The standard InChI is InChI=1S/C19H33N5O/c1-4-20-19(23-12-9-18-8-5-6-10-21-18)22-11-7-13-24-14-16(2)25-17(3)15-24/h5-6,8,10,16-17H,4,7,9,11-15H2,1-3H3,(H2,20,22,23). The zero-order valence-electron chi connectivity index (χ0n) is 15.9. The van der Waals surface area contributed by atoms with Gasteiger partial charge in [-0.25, -0.2) is 0 Å². The van der Waals surface area contributed by atoms with Gasteiger partial charge in [0.2, 0.25) is 0 Å². The third-order valence-corrected chi connectivity index (χ3v) is 4.14. The van der Waals surface area contributed by atoms with Gasteiger partial charge < -0.3 is 15.4 Å². The van der Waals surface area contributed by atoms with E-state index < -0.39 is 0 Å². The van der Waals surface area contributed by atoms with E-state index in [9.17, 15) is 0 Å². The molecule has 0 aromatic carbocycles. The fourth-order valence-electron chi connectivity index (χ4n) is 3.15. The molecule has 1 aromatic heterocycles. The van der Waals surface area contributed by atoms with Gasteiger partial charge in [0.25, 0.3) is 0 Å². The topological polar surface area (TPSA) is 61.8 Å². The van der Waals surface area contributed by atoms with E-state index in [-0.39, 0.29) is 0 Å². The lowest BCUT2D eigenvalue weighted by molar-refractivity contribution is -0.0679. The molecule has 0 spiro atoms. The second-order valence-corrected chi connectivity index (χ2v) is 6.63. The lowest BCUT2D eigenvalue weighted by atomic mass is 10.2. The number of nitrogens with zero attached hydrogens (tertiary/aromatic N) is 3. The zero-order valence-corrected chi connectivity index (χ0v) is 15.9. The van der Waals surface area contributed by atoms with Crippen molar-refractivity contribution >= 4 is 5.96 Å². The molecule has 0 aliphatic carbocycles. The molecule has 6 heteroatoms. The molecule has 2 N–H and O–H groups in total. The number of rotatable bonds is 8. The minimum absolute atomic E-state index is 0.331. The van der Waals surface area contributed by atoms with E-state index in [1.54, 1.807) is 0 Å². The Balaban J connectivity index is 1.68. The minimum Gasteiger partial charge on any atom is -0.373 e. The van der Waals surface area contributed by atoms with Gasteiger partial charge in [-0.05, 0) is 39.3 Å². The number of hydrogen-bond acceptors (Lipinski definition) is 4. The number of morpholine rings is 1. The zero-order chi connectivity index (χ0) is 17.9. The van der Waals surface area contributed by atoms with Crippen molar-refractivity contribution in [3.63, 3.8) is 0 Å². The summed E-state index contributed by atoms with van der Waals surface area (Å²) >= 11 is 0. The molecule has 25 heavy (non-hydrogen) atoms. The van der Waals surface area contributed by atoms with E-state index in [0.29, 0.717) is 12.2 Å². The Hall–Kier alpha value is -1.66. The molecule has 0 radical (unpaired) electrons. The summed E-state index contributed by atoms with van der Waals surface area (Å²) in [6, 6.07) is 6.02. The molecule has 2 atom stereocenters. The van der Waals surface area contributed by atoms with Gasteiger partial charge in [0.15, 0.2) is 5.96 Å². The molecule has 2 rings (SSSR count). The molecule has 1 aromatic rings. The minimum atomic E-state index is 0.331. The van der Waals surface area contributed by atoms with Crippen LogP contribution in [0.15, 0.2) is 29.4 Å². The number of nitrogens with one attached hydrogen (secondary N) is 2. The molecular formula is C19H33N5O. The average molecular weight is 348 g/mol. The monoisotopic (exact) mass is 347 g/mol. The van der Waals surface area contributed by atoms with Crippen LogP contribution < -0.4 is 10.6 Å². The molecule has 0 bridgehead atoms. The van der Waals surface area contributed by atoms with Crippen molar-refractivity contribution in [2.75, 3.05) is 39.3 Å². The van der Waals surface area contributed by atoms with Gasteiger partial charge in [0, 0.05) is 57.6 Å². The number of hydrogen-bond donors (Lipinski definition) is 2. The predicted molar refractivity (Wildman–Crippen MR) is 103 cm³/mol. The number of aliphatic imine (C=N–C) groups is 1. The predicted octanol–water partition coefficient (Wildman–Crippen LogP) is 1.68. The van der Waals surface area contributed by atoms with E-state index in [2.05, 4.69) is 52.3 Å². The van der Waals surface area contributed by atoms with Crippen LogP contribution in [0.1, 0.15) is 32.9 Å². The van der Waals surface area contributed by atoms with E-state index in [1.165, 1.54) is 0 Å². The Morgan fingerprint density at radius 3 is 2.76 bits per heavy atom. The number of guanidine groups is 1.